The highest BCUT2D eigenvalue weighted by atomic mass is 16.5. The van der Waals surface area contributed by atoms with Crippen LogP contribution in [0.4, 0.5) is 0 Å². The van der Waals surface area contributed by atoms with Crippen molar-refractivity contribution in [2.45, 2.75) is 32.3 Å². The predicted molar refractivity (Wildman–Crippen MR) is 55.6 cm³/mol. The van der Waals surface area contributed by atoms with Gasteiger partial charge in [0.25, 0.3) is 0 Å². The van der Waals surface area contributed by atoms with Gasteiger partial charge in [0.2, 0.25) is 0 Å². The van der Waals surface area contributed by atoms with E-state index in [1.165, 1.54) is 0 Å². The first-order valence-electron chi connectivity index (χ1n) is 5.30. The van der Waals surface area contributed by atoms with Crippen molar-refractivity contribution in [1.29, 1.82) is 0 Å². The average Bonchev–Trinajstić information content (AvgIpc) is 2.76. The molecule has 1 fully saturated rings. The molecule has 2 heterocycles. The first kappa shape index (κ1) is 10.4. The number of hydrogen-bond acceptors (Lipinski definition) is 3. The quantitative estimate of drug-likeness (QED) is 0.745. The second-order valence-corrected chi connectivity index (χ2v) is 4.05. The lowest BCUT2D eigenvalue weighted by atomic mass is 10.1. The molecule has 1 saturated heterocycles. The van der Waals surface area contributed by atoms with Crippen molar-refractivity contribution in [3.8, 4) is 0 Å². The Morgan fingerprint density at radius 1 is 1.73 bits per heavy atom. The van der Waals surface area contributed by atoms with Crippen molar-refractivity contribution in [2.75, 3.05) is 6.61 Å². The van der Waals surface area contributed by atoms with Gasteiger partial charge in [0.1, 0.15) is 6.10 Å². The average molecular weight is 208 g/mol. The van der Waals surface area contributed by atoms with Gasteiger partial charge in [-0.25, -0.2) is 0 Å². The van der Waals surface area contributed by atoms with Gasteiger partial charge in [-0.1, -0.05) is 0 Å². The molecule has 2 rings (SSSR count). The van der Waals surface area contributed by atoms with Crippen LogP contribution in [0.15, 0.2) is 6.07 Å². The van der Waals surface area contributed by atoms with E-state index in [1.54, 1.807) is 4.68 Å². The van der Waals surface area contributed by atoms with Gasteiger partial charge in [0, 0.05) is 19.3 Å². The summed E-state index contributed by atoms with van der Waals surface area (Å²) in [6.07, 6.45) is 2.12. The number of ketones is 1. The summed E-state index contributed by atoms with van der Waals surface area (Å²) in [5.41, 5.74) is 1.92. The van der Waals surface area contributed by atoms with Crippen molar-refractivity contribution in [2.24, 2.45) is 7.05 Å². The number of rotatable bonds is 3. The Balaban J connectivity index is 2.01. The molecular formula is C11H16N2O2. The highest BCUT2D eigenvalue weighted by Crippen LogP contribution is 2.15. The van der Waals surface area contributed by atoms with E-state index in [0.29, 0.717) is 6.42 Å². The van der Waals surface area contributed by atoms with Crippen LogP contribution in [0.3, 0.4) is 0 Å². The normalized spacial score (nSPS) is 20.8. The Morgan fingerprint density at radius 3 is 3.07 bits per heavy atom. The third-order valence-corrected chi connectivity index (χ3v) is 2.74. The molecule has 0 saturated carbocycles. The number of hydrogen-bond donors (Lipinski definition) is 0. The number of aromatic nitrogens is 2. The molecule has 0 amide bonds. The van der Waals surface area contributed by atoms with Gasteiger partial charge in [0.15, 0.2) is 5.78 Å². The SMILES string of the molecule is Cc1cc(CC(=O)C2CCCO2)n(C)n1. The first-order chi connectivity index (χ1) is 7.16. The van der Waals surface area contributed by atoms with Crippen LogP contribution in [0.2, 0.25) is 0 Å². The molecule has 0 spiro atoms. The molecule has 0 radical (unpaired) electrons. The van der Waals surface area contributed by atoms with Crippen molar-refractivity contribution < 1.29 is 9.53 Å². The lowest BCUT2D eigenvalue weighted by molar-refractivity contribution is -0.127. The highest BCUT2D eigenvalue weighted by molar-refractivity contribution is 5.85. The standard InChI is InChI=1S/C11H16N2O2/c1-8-6-9(13(2)12-8)7-10(14)11-4-3-5-15-11/h6,11H,3-5,7H2,1-2H3. The molecule has 1 aromatic heterocycles. The molecule has 1 aliphatic rings. The van der Waals surface area contributed by atoms with Crippen molar-refractivity contribution in [3.63, 3.8) is 0 Å². The highest BCUT2D eigenvalue weighted by Gasteiger charge is 2.24. The topological polar surface area (TPSA) is 44.1 Å². The molecule has 4 heteroatoms. The summed E-state index contributed by atoms with van der Waals surface area (Å²) < 4.78 is 7.12. The Labute approximate surface area is 89.2 Å². The number of aryl methyl sites for hydroxylation is 2. The van der Waals surface area contributed by atoms with Crippen molar-refractivity contribution in [1.82, 2.24) is 9.78 Å². The van der Waals surface area contributed by atoms with E-state index in [4.69, 9.17) is 4.74 Å². The van der Waals surface area contributed by atoms with E-state index in [0.717, 1.165) is 30.8 Å². The van der Waals surface area contributed by atoms with Crippen LogP contribution in [-0.2, 0) is 23.0 Å². The van der Waals surface area contributed by atoms with E-state index in [9.17, 15) is 4.79 Å². The molecule has 0 bridgehead atoms. The molecule has 1 unspecified atom stereocenters. The van der Waals surface area contributed by atoms with Gasteiger partial charge < -0.3 is 4.74 Å². The fourth-order valence-electron chi connectivity index (χ4n) is 1.95. The second-order valence-electron chi connectivity index (χ2n) is 4.05. The van der Waals surface area contributed by atoms with Crippen LogP contribution in [0.5, 0.6) is 0 Å². The van der Waals surface area contributed by atoms with Crippen LogP contribution < -0.4 is 0 Å². The Kier molecular flexibility index (Phi) is 2.86. The Bertz CT molecular complexity index is 365. The number of carbonyl (C=O) groups excluding carboxylic acids is 1. The molecule has 82 valence electrons. The first-order valence-corrected chi connectivity index (χ1v) is 5.30. The van der Waals surface area contributed by atoms with E-state index in [-0.39, 0.29) is 11.9 Å². The maximum Gasteiger partial charge on any atom is 0.167 e. The summed E-state index contributed by atoms with van der Waals surface area (Å²) in [6.45, 7) is 2.65. The maximum atomic E-state index is 11.8. The number of nitrogens with zero attached hydrogens (tertiary/aromatic N) is 2. The van der Waals surface area contributed by atoms with Crippen LogP contribution in [-0.4, -0.2) is 28.3 Å². The monoisotopic (exact) mass is 208 g/mol. The van der Waals surface area contributed by atoms with Gasteiger partial charge in [-0.05, 0) is 25.8 Å². The molecule has 4 nitrogen and oxygen atoms in total. The number of Topliss-reactive ketones (excluding diaryl/α,β-unsaturated/α-hetero) is 1. The minimum Gasteiger partial charge on any atom is -0.370 e. The minimum atomic E-state index is -0.180. The van der Waals surface area contributed by atoms with Gasteiger partial charge in [0.05, 0.1) is 12.1 Å². The molecular weight excluding hydrogens is 192 g/mol. The molecule has 1 aromatic rings. The zero-order chi connectivity index (χ0) is 10.8. The zero-order valence-electron chi connectivity index (χ0n) is 9.19. The number of ether oxygens (including phenoxy) is 1. The lowest BCUT2D eigenvalue weighted by Crippen LogP contribution is -2.22. The fourth-order valence-corrected chi connectivity index (χ4v) is 1.95. The summed E-state index contributed by atoms with van der Waals surface area (Å²) >= 11 is 0. The predicted octanol–water partition coefficient (Wildman–Crippen LogP) is 1.02. The summed E-state index contributed by atoms with van der Waals surface area (Å²) in [4.78, 5) is 11.8. The van der Waals surface area contributed by atoms with E-state index in [1.807, 2.05) is 20.0 Å². The van der Waals surface area contributed by atoms with Crippen LogP contribution in [0.25, 0.3) is 0 Å². The smallest absolute Gasteiger partial charge is 0.167 e. The van der Waals surface area contributed by atoms with Gasteiger partial charge in [-0.15, -0.1) is 0 Å². The van der Waals surface area contributed by atoms with Gasteiger partial charge in [-0.2, -0.15) is 5.10 Å². The molecule has 15 heavy (non-hydrogen) atoms. The van der Waals surface area contributed by atoms with Crippen LogP contribution in [0.1, 0.15) is 24.2 Å². The molecule has 0 aliphatic carbocycles. The molecule has 1 atom stereocenters. The summed E-state index contributed by atoms with van der Waals surface area (Å²) in [6, 6.07) is 1.95. The lowest BCUT2D eigenvalue weighted by Gasteiger charge is -2.07. The summed E-state index contributed by atoms with van der Waals surface area (Å²) in [7, 11) is 1.87. The van der Waals surface area contributed by atoms with E-state index >= 15 is 0 Å². The molecule has 1 aliphatic heterocycles. The van der Waals surface area contributed by atoms with Crippen LogP contribution in [0, 0.1) is 6.92 Å². The zero-order valence-corrected chi connectivity index (χ0v) is 9.19. The second kappa shape index (κ2) is 4.14. The van der Waals surface area contributed by atoms with E-state index in [2.05, 4.69) is 5.10 Å². The molecule has 0 aromatic carbocycles. The van der Waals surface area contributed by atoms with Gasteiger partial charge >= 0.3 is 0 Å². The largest absolute Gasteiger partial charge is 0.370 e. The van der Waals surface area contributed by atoms with Crippen LogP contribution >= 0.6 is 0 Å². The third-order valence-electron chi connectivity index (χ3n) is 2.74. The summed E-state index contributed by atoms with van der Waals surface area (Å²) in [5, 5.41) is 4.21. The van der Waals surface area contributed by atoms with Crippen molar-refractivity contribution in [3.05, 3.63) is 17.5 Å². The third kappa shape index (κ3) is 2.26. The van der Waals surface area contributed by atoms with E-state index < -0.39 is 0 Å². The fraction of sp³-hybridized carbons (Fsp3) is 0.636. The summed E-state index contributed by atoms with van der Waals surface area (Å²) in [5.74, 6) is 0.176. The Morgan fingerprint density at radius 2 is 2.53 bits per heavy atom. The van der Waals surface area contributed by atoms with Crippen molar-refractivity contribution >= 4 is 5.78 Å². The number of carbonyl (C=O) groups is 1. The maximum absolute atomic E-state index is 11.8. The molecule has 0 N–H and O–H groups in total. The van der Waals surface area contributed by atoms with Gasteiger partial charge in [-0.3, -0.25) is 9.48 Å². The minimum absolute atomic E-state index is 0.176. The Hall–Kier alpha value is -1.16.